The van der Waals surface area contributed by atoms with Gasteiger partial charge >= 0.3 is 0 Å². The molecule has 1 aromatic carbocycles. The lowest BCUT2D eigenvalue weighted by atomic mass is 10.1. The summed E-state index contributed by atoms with van der Waals surface area (Å²) < 4.78 is 5.35. The minimum absolute atomic E-state index is 0.526. The van der Waals surface area contributed by atoms with Crippen LogP contribution < -0.4 is 5.32 Å². The number of pyridine rings is 1. The van der Waals surface area contributed by atoms with Crippen molar-refractivity contribution in [3.63, 3.8) is 0 Å². The predicted molar refractivity (Wildman–Crippen MR) is 82.5 cm³/mol. The maximum absolute atomic E-state index is 6.07. The fourth-order valence-corrected chi connectivity index (χ4v) is 2.66. The number of aromatic nitrogens is 1. The van der Waals surface area contributed by atoms with Crippen molar-refractivity contribution < 1.29 is 4.74 Å². The topological polar surface area (TPSA) is 37.4 Å². The van der Waals surface area contributed by atoms with Crippen LogP contribution >= 0.6 is 11.6 Å². The Kier molecular flexibility index (Phi) is 4.35. The van der Waals surface area contributed by atoms with Crippen molar-refractivity contribution in [3.8, 4) is 0 Å². The Morgan fingerprint density at radius 1 is 1.25 bits per heavy atom. The summed E-state index contributed by atoms with van der Waals surface area (Å²) in [7, 11) is 0. The molecule has 0 amide bonds. The monoisotopic (exact) mass is 291 g/mol. The summed E-state index contributed by atoms with van der Waals surface area (Å²) in [4.78, 5) is 6.79. The Balaban J connectivity index is 1.67. The molecule has 5 heteroatoms. The van der Waals surface area contributed by atoms with Gasteiger partial charge in [0.05, 0.1) is 13.2 Å². The van der Waals surface area contributed by atoms with E-state index in [9.17, 15) is 0 Å². The molecule has 1 N–H and O–H groups in total. The molecule has 1 aliphatic rings. The molecule has 2 aromatic rings. The minimum atomic E-state index is 0.526. The van der Waals surface area contributed by atoms with Gasteiger partial charge in [0.2, 0.25) is 0 Å². The summed E-state index contributed by atoms with van der Waals surface area (Å²) in [5, 5.41) is 6.15. The summed E-state index contributed by atoms with van der Waals surface area (Å²) >= 11 is 6.07. The molecule has 1 fully saturated rings. The van der Waals surface area contributed by atoms with Gasteiger partial charge in [-0.05, 0) is 11.5 Å². The highest BCUT2D eigenvalue weighted by atomic mass is 35.5. The number of halogens is 1. The molecule has 2 heterocycles. The molecule has 4 nitrogen and oxygen atoms in total. The van der Waals surface area contributed by atoms with Crippen molar-refractivity contribution in [2.24, 2.45) is 0 Å². The molecule has 0 bridgehead atoms. The number of nitrogens with one attached hydrogen (secondary N) is 1. The zero-order chi connectivity index (χ0) is 13.8. The van der Waals surface area contributed by atoms with E-state index in [0.717, 1.165) is 56.0 Å². The molecule has 1 aromatic heterocycles. The molecule has 106 valence electrons. The number of nitrogens with zero attached hydrogens (tertiary/aromatic N) is 2. The lowest BCUT2D eigenvalue weighted by Crippen LogP contribution is -2.39. The fraction of sp³-hybridized carbons (Fsp3) is 0.400. The van der Waals surface area contributed by atoms with Crippen LogP contribution in [0, 0.1) is 0 Å². The minimum Gasteiger partial charge on any atom is -0.379 e. The van der Waals surface area contributed by atoms with Gasteiger partial charge in [0.25, 0.3) is 0 Å². The van der Waals surface area contributed by atoms with Crippen molar-refractivity contribution in [2.45, 2.75) is 0 Å². The Bertz CT molecular complexity index is 584. The molecule has 0 radical (unpaired) electrons. The van der Waals surface area contributed by atoms with E-state index >= 15 is 0 Å². The standard InChI is InChI=1S/C15H18ClN3O/c16-14-11-12-3-1-2-4-13(12)15(18-14)17-5-6-19-7-9-20-10-8-19/h1-4,11H,5-10H2,(H,17,18). The van der Waals surface area contributed by atoms with E-state index < -0.39 is 0 Å². The summed E-state index contributed by atoms with van der Waals surface area (Å²) in [5.41, 5.74) is 0. The summed E-state index contributed by atoms with van der Waals surface area (Å²) in [6.07, 6.45) is 0. The van der Waals surface area contributed by atoms with Crippen LogP contribution in [0.3, 0.4) is 0 Å². The number of benzene rings is 1. The molecule has 1 aliphatic heterocycles. The van der Waals surface area contributed by atoms with Crippen molar-refractivity contribution in [3.05, 3.63) is 35.5 Å². The third-order valence-electron chi connectivity index (χ3n) is 3.53. The Hall–Kier alpha value is -1.36. The van der Waals surface area contributed by atoms with E-state index in [2.05, 4.69) is 27.3 Å². The van der Waals surface area contributed by atoms with Crippen molar-refractivity contribution in [1.82, 2.24) is 9.88 Å². The smallest absolute Gasteiger partial charge is 0.135 e. The van der Waals surface area contributed by atoms with Gasteiger partial charge < -0.3 is 10.1 Å². The maximum atomic E-state index is 6.07. The van der Waals surface area contributed by atoms with Crippen molar-refractivity contribution in [1.29, 1.82) is 0 Å². The number of hydrogen-bond acceptors (Lipinski definition) is 4. The summed E-state index contributed by atoms with van der Waals surface area (Å²) in [5.74, 6) is 0.862. The highest BCUT2D eigenvalue weighted by Crippen LogP contribution is 2.24. The first-order valence-corrected chi connectivity index (χ1v) is 7.30. The van der Waals surface area contributed by atoms with E-state index in [0.29, 0.717) is 5.15 Å². The second-order valence-electron chi connectivity index (χ2n) is 4.90. The fourth-order valence-electron chi connectivity index (χ4n) is 2.46. The lowest BCUT2D eigenvalue weighted by Gasteiger charge is -2.26. The molecular formula is C15H18ClN3O. The van der Waals surface area contributed by atoms with Crippen molar-refractivity contribution in [2.75, 3.05) is 44.7 Å². The number of anilines is 1. The highest BCUT2D eigenvalue weighted by Gasteiger charge is 2.10. The van der Waals surface area contributed by atoms with Crippen LogP contribution in [0.25, 0.3) is 10.8 Å². The molecule has 0 atom stereocenters. The molecule has 0 aliphatic carbocycles. The van der Waals surface area contributed by atoms with Gasteiger partial charge in [-0.1, -0.05) is 35.9 Å². The van der Waals surface area contributed by atoms with E-state index in [1.54, 1.807) is 0 Å². The van der Waals surface area contributed by atoms with Gasteiger partial charge in [-0.3, -0.25) is 4.90 Å². The average Bonchev–Trinajstić information content (AvgIpc) is 2.48. The molecule has 3 rings (SSSR count). The first kappa shape index (κ1) is 13.6. The number of fused-ring (bicyclic) bond motifs is 1. The first-order valence-electron chi connectivity index (χ1n) is 6.92. The number of hydrogen-bond donors (Lipinski definition) is 1. The third kappa shape index (κ3) is 3.20. The number of ether oxygens (including phenoxy) is 1. The van der Waals surface area contributed by atoms with Crippen LogP contribution in [0.4, 0.5) is 5.82 Å². The Morgan fingerprint density at radius 2 is 2.05 bits per heavy atom. The van der Waals surface area contributed by atoms with Crippen LogP contribution in [0.1, 0.15) is 0 Å². The van der Waals surface area contributed by atoms with Gasteiger partial charge in [-0.15, -0.1) is 0 Å². The summed E-state index contributed by atoms with van der Waals surface area (Å²) in [6.45, 7) is 5.52. The Morgan fingerprint density at radius 3 is 2.90 bits per heavy atom. The summed E-state index contributed by atoms with van der Waals surface area (Å²) in [6, 6.07) is 10.0. The van der Waals surface area contributed by atoms with E-state index in [-0.39, 0.29) is 0 Å². The van der Waals surface area contributed by atoms with Crippen LogP contribution in [-0.2, 0) is 4.74 Å². The number of morpholine rings is 1. The SMILES string of the molecule is Clc1cc2ccccc2c(NCCN2CCOCC2)n1. The van der Waals surface area contributed by atoms with Crippen LogP contribution in [0.5, 0.6) is 0 Å². The second kappa shape index (κ2) is 6.39. The third-order valence-corrected chi connectivity index (χ3v) is 3.73. The quantitative estimate of drug-likeness (QED) is 0.879. The van der Waals surface area contributed by atoms with Crippen LogP contribution in [0.15, 0.2) is 30.3 Å². The lowest BCUT2D eigenvalue weighted by molar-refractivity contribution is 0.0398. The van der Waals surface area contributed by atoms with E-state index in [1.165, 1.54) is 0 Å². The van der Waals surface area contributed by atoms with Gasteiger partial charge in [-0.25, -0.2) is 4.98 Å². The zero-order valence-corrected chi connectivity index (χ0v) is 12.1. The molecular weight excluding hydrogens is 274 g/mol. The highest BCUT2D eigenvalue weighted by molar-refractivity contribution is 6.30. The van der Waals surface area contributed by atoms with Gasteiger partial charge in [0, 0.05) is 31.6 Å². The van der Waals surface area contributed by atoms with Gasteiger partial charge in [0.15, 0.2) is 0 Å². The normalized spacial score (nSPS) is 16.4. The van der Waals surface area contributed by atoms with Crippen LogP contribution in [0.2, 0.25) is 5.15 Å². The van der Waals surface area contributed by atoms with Crippen molar-refractivity contribution >= 4 is 28.2 Å². The van der Waals surface area contributed by atoms with Gasteiger partial charge in [0.1, 0.15) is 11.0 Å². The molecule has 20 heavy (non-hydrogen) atoms. The molecule has 0 spiro atoms. The van der Waals surface area contributed by atoms with E-state index in [4.69, 9.17) is 16.3 Å². The first-order chi connectivity index (χ1) is 9.83. The molecule has 0 saturated carbocycles. The molecule has 0 unspecified atom stereocenters. The Labute approximate surface area is 123 Å². The predicted octanol–water partition coefficient (Wildman–Crippen LogP) is 2.63. The average molecular weight is 292 g/mol. The second-order valence-corrected chi connectivity index (χ2v) is 5.28. The largest absolute Gasteiger partial charge is 0.379 e. The van der Waals surface area contributed by atoms with E-state index in [1.807, 2.05) is 18.2 Å². The number of rotatable bonds is 4. The maximum Gasteiger partial charge on any atom is 0.135 e. The zero-order valence-electron chi connectivity index (χ0n) is 11.3. The van der Waals surface area contributed by atoms with Crippen LogP contribution in [-0.4, -0.2) is 49.3 Å². The van der Waals surface area contributed by atoms with Gasteiger partial charge in [-0.2, -0.15) is 0 Å². The molecule has 1 saturated heterocycles.